The van der Waals surface area contributed by atoms with Gasteiger partial charge in [-0.1, -0.05) is 65.8 Å². The summed E-state index contributed by atoms with van der Waals surface area (Å²) in [4.78, 5) is 14.4. The molecule has 1 amide bonds. The molecule has 160 valence electrons. The zero-order chi connectivity index (χ0) is 21.0. The van der Waals surface area contributed by atoms with Crippen LogP contribution in [0.1, 0.15) is 32.1 Å². The fraction of sp³-hybridized carbons (Fsp3) is 0.476. The van der Waals surface area contributed by atoms with E-state index in [-0.39, 0.29) is 12.5 Å². The van der Waals surface area contributed by atoms with Crippen molar-refractivity contribution in [3.05, 3.63) is 29.3 Å². The Morgan fingerprint density at radius 1 is 1.13 bits per heavy atom. The normalized spacial score (nSPS) is 14.8. The van der Waals surface area contributed by atoms with Gasteiger partial charge in [0.05, 0.1) is 12.3 Å². The second kappa shape index (κ2) is 12.8. The number of benzene rings is 1. The maximum absolute atomic E-state index is 12.0. The Kier molecular flexibility index (Phi) is 9.77. The molecule has 1 aromatic carbocycles. The minimum atomic E-state index is -0.286. The maximum Gasteiger partial charge on any atom is 0.264 e. The Hall–Kier alpha value is -1.79. The second-order valence-electron chi connectivity index (χ2n) is 6.85. The van der Waals surface area contributed by atoms with Gasteiger partial charge in [-0.05, 0) is 50.2 Å². The molecule has 1 aliphatic rings. The van der Waals surface area contributed by atoms with Crippen molar-refractivity contribution in [2.24, 2.45) is 0 Å². The van der Waals surface area contributed by atoms with E-state index in [9.17, 15) is 4.79 Å². The van der Waals surface area contributed by atoms with Crippen molar-refractivity contribution in [3.63, 3.8) is 0 Å². The zero-order valence-corrected chi connectivity index (χ0v) is 19.1. The third kappa shape index (κ3) is 8.52. The van der Waals surface area contributed by atoms with Crippen LogP contribution in [0.4, 0.5) is 5.13 Å². The number of carbonyl (C=O) groups excluding carboxylic acids is 1. The van der Waals surface area contributed by atoms with E-state index in [0.717, 1.165) is 24.0 Å². The Morgan fingerprint density at radius 2 is 1.87 bits per heavy atom. The van der Waals surface area contributed by atoms with E-state index >= 15 is 0 Å². The SMILES string of the molecule is O=C(COc1ccc(Cl)cc1)Nc1nnc(SCC#CCN2CCCCCCC2)s1. The molecule has 1 saturated heterocycles. The fourth-order valence-electron chi connectivity index (χ4n) is 2.94. The summed E-state index contributed by atoms with van der Waals surface area (Å²) in [5, 5.41) is 11.9. The minimum absolute atomic E-state index is 0.105. The van der Waals surface area contributed by atoms with Gasteiger partial charge in [-0.3, -0.25) is 15.0 Å². The Balaban J connectivity index is 1.34. The standard InChI is InChI=1S/C21H25ClN4O2S2/c22-17-8-10-18(11-9-17)28-16-19(27)23-20-24-25-21(30-20)29-15-7-6-14-26-12-4-2-1-3-5-13-26/h8-11H,1-5,12-16H2,(H,23,24,27). The van der Waals surface area contributed by atoms with Gasteiger partial charge in [0.25, 0.3) is 5.91 Å². The molecule has 0 atom stereocenters. The van der Waals surface area contributed by atoms with Crippen LogP contribution < -0.4 is 10.1 Å². The van der Waals surface area contributed by atoms with Crippen LogP contribution in [0, 0.1) is 11.8 Å². The van der Waals surface area contributed by atoms with Crippen molar-refractivity contribution in [1.29, 1.82) is 0 Å². The van der Waals surface area contributed by atoms with Gasteiger partial charge in [-0.15, -0.1) is 10.2 Å². The van der Waals surface area contributed by atoms with Crippen LogP contribution in [0.3, 0.4) is 0 Å². The van der Waals surface area contributed by atoms with E-state index < -0.39 is 0 Å². The fourth-order valence-corrected chi connectivity index (χ4v) is 4.61. The Labute approximate surface area is 190 Å². The molecule has 2 aromatic rings. The molecule has 9 heteroatoms. The quantitative estimate of drug-likeness (QED) is 0.368. The van der Waals surface area contributed by atoms with E-state index in [1.54, 1.807) is 24.3 Å². The van der Waals surface area contributed by atoms with E-state index in [0.29, 0.717) is 21.7 Å². The van der Waals surface area contributed by atoms with E-state index in [4.69, 9.17) is 16.3 Å². The van der Waals surface area contributed by atoms with Crippen LogP contribution in [0.5, 0.6) is 5.75 Å². The van der Waals surface area contributed by atoms with Gasteiger partial charge in [0.15, 0.2) is 10.9 Å². The first kappa shape index (κ1) is 22.9. The van der Waals surface area contributed by atoms with Crippen LogP contribution in [0.2, 0.25) is 5.02 Å². The number of anilines is 1. The highest BCUT2D eigenvalue weighted by atomic mass is 35.5. The predicted molar refractivity (Wildman–Crippen MR) is 124 cm³/mol. The van der Waals surface area contributed by atoms with Crippen molar-refractivity contribution in [2.75, 3.05) is 37.3 Å². The first-order chi connectivity index (χ1) is 14.7. The molecule has 3 rings (SSSR count). The van der Waals surface area contributed by atoms with Gasteiger partial charge in [-0.2, -0.15) is 0 Å². The monoisotopic (exact) mass is 464 g/mol. The largest absolute Gasteiger partial charge is 0.484 e. The van der Waals surface area contributed by atoms with Crippen molar-refractivity contribution in [1.82, 2.24) is 15.1 Å². The first-order valence-electron chi connectivity index (χ1n) is 10.0. The molecule has 1 aliphatic heterocycles. The van der Waals surface area contributed by atoms with Gasteiger partial charge in [-0.25, -0.2) is 0 Å². The summed E-state index contributed by atoms with van der Waals surface area (Å²) in [5.74, 6) is 7.43. The number of likely N-dealkylation sites (tertiary alicyclic amines) is 1. The molecule has 6 nitrogen and oxygen atoms in total. The summed E-state index contributed by atoms with van der Waals surface area (Å²) in [6, 6.07) is 6.84. The molecule has 2 heterocycles. The molecule has 0 radical (unpaired) electrons. The summed E-state index contributed by atoms with van der Waals surface area (Å²) in [7, 11) is 0. The minimum Gasteiger partial charge on any atom is -0.484 e. The average molecular weight is 465 g/mol. The van der Waals surface area contributed by atoms with Gasteiger partial charge in [0.2, 0.25) is 5.13 Å². The smallest absolute Gasteiger partial charge is 0.264 e. The number of thioether (sulfide) groups is 1. The van der Waals surface area contributed by atoms with Gasteiger partial charge >= 0.3 is 0 Å². The number of hydrogen-bond acceptors (Lipinski definition) is 7. The average Bonchev–Trinajstić information content (AvgIpc) is 3.15. The number of aromatic nitrogens is 2. The third-order valence-corrected chi connectivity index (χ3v) is 6.59. The van der Waals surface area contributed by atoms with Crippen LogP contribution in [-0.4, -0.2) is 53.0 Å². The zero-order valence-electron chi connectivity index (χ0n) is 16.7. The molecule has 0 bridgehead atoms. The number of carbonyl (C=O) groups is 1. The van der Waals surface area contributed by atoms with Crippen LogP contribution in [0.15, 0.2) is 28.6 Å². The van der Waals surface area contributed by atoms with Gasteiger partial charge in [0, 0.05) is 5.02 Å². The molecule has 30 heavy (non-hydrogen) atoms. The third-order valence-electron chi connectivity index (χ3n) is 4.48. The van der Waals surface area contributed by atoms with Crippen molar-refractivity contribution < 1.29 is 9.53 Å². The van der Waals surface area contributed by atoms with Crippen molar-refractivity contribution in [3.8, 4) is 17.6 Å². The highest BCUT2D eigenvalue weighted by Gasteiger charge is 2.09. The molecular weight excluding hydrogens is 440 g/mol. The first-order valence-corrected chi connectivity index (χ1v) is 12.2. The number of nitrogens with one attached hydrogen (secondary N) is 1. The summed E-state index contributed by atoms with van der Waals surface area (Å²) < 4.78 is 6.20. The lowest BCUT2D eigenvalue weighted by Crippen LogP contribution is -2.27. The molecule has 1 aromatic heterocycles. The molecule has 0 spiro atoms. The van der Waals surface area contributed by atoms with Gasteiger partial charge < -0.3 is 4.74 Å². The highest BCUT2D eigenvalue weighted by Crippen LogP contribution is 2.25. The summed E-state index contributed by atoms with van der Waals surface area (Å²) in [6.07, 6.45) is 6.60. The number of hydrogen-bond donors (Lipinski definition) is 1. The molecule has 0 unspecified atom stereocenters. The maximum atomic E-state index is 12.0. The van der Waals surface area contributed by atoms with E-state index in [2.05, 4.69) is 32.3 Å². The number of amides is 1. The van der Waals surface area contributed by atoms with Crippen molar-refractivity contribution >= 4 is 45.7 Å². The molecule has 1 fully saturated rings. The number of halogens is 1. The topological polar surface area (TPSA) is 67.3 Å². The van der Waals surface area contributed by atoms with E-state index in [1.165, 1.54) is 55.2 Å². The van der Waals surface area contributed by atoms with Crippen molar-refractivity contribution in [2.45, 2.75) is 36.4 Å². The predicted octanol–water partition coefficient (Wildman–Crippen LogP) is 4.57. The summed E-state index contributed by atoms with van der Waals surface area (Å²) >= 11 is 8.69. The molecular formula is C21H25ClN4O2S2. The number of nitrogens with zero attached hydrogens (tertiary/aromatic N) is 3. The summed E-state index contributed by atoms with van der Waals surface area (Å²) in [6.45, 7) is 3.04. The van der Waals surface area contributed by atoms with E-state index in [1.807, 2.05) is 0 Å². The van der Waals surface area contributed by atoms with Crippen LogP contribution in [-0.2, 0) is 4.79 Å². The number of rotatable bonds is 7. The van der Waals surface area contributed by atoms with Crippen LogP contribution >= 0.6 is 34.7 Å². The van der Waals surface area contributed by atoms with Gasteiger partial charge in [0.1, 0.15) is 5.75 Å². The Bertz CT molecular complexity index is 856. The second-order valence-corrected chi connectivity index (χ2v) is 9.49. The lowest BCUT2D eigenvalue weighted by Gasteiger charge is -2.21. The molecule has 1 N–H and O–H groups in total. The number of ether oxygens (including phenoxy) is 1. The lowest BCUT2D eigenvalue weighted by molar-refractivity contribution is -0.118. The molecule has 0 saturated carbocycles. The summed E-state index contributed by atoms with van der Waals surface area (Å²) in [5.41, 5.74) is 0. The molecule has 0 aliphatic carbocycles. The van der Waals surface area contributed by atoms with Crippen LogP contribution in [0.25, 0.3) is 0 Å². The lowest BCUT2D eigenvalue weighted by atomic mass is 10.1. The Morgan fingerprint density at radius 3 is 2.63 bits per heavy atom. The highest BCUT2D eigenvalue weighted by molar-refractivity contribution is 8.01.